The van der Waals surface area contributed by atoms with Crippen molar-refractivity contribution in [2.75, 3.05) is 18.0 Å². The van der Waals surface area contributed by atoms with Gasteiger partial charge in [0.05, 0.1) is 5.41 Å². The molecular formula is C14H16F3N3O2. The summed E-state index contributed by atoms with van der Waals surface area (Å²) in [5.41, 5.74) is -1.64. The van der Waals surface area contributed by atoms with Crippen LogP contribution in [0.25, 0.3) is 0 Å². The van der Waals surface area contributed by atoms with Gasteiger partial charge in [-0.15, -0.1) is 0 Å². The molecule has 1 aromatic heterocycles. The van der Waals surface area contributed by atoms with Crippen LogP contribution in [-0.2, 0) is 11.0 Å². The molecule has 2 aliphatic rings. The lowest BCUT2D eigenvalue weighted by molar-refractivity contribution is -0.149. The fraction of sp³-hybridized carbons (Fsp3) is 0.643. The van der Waals surface area contributed by atoms with E-state index in [-0.39, 0.29) is 24.1 Å². The van der Waals surface area contributed by atoms with Crippen molar-refractivity contribution in [3.63, 3.8) is 0 Å². The van der Waals surface area contributed by atoms with Gasteiger partial charge in [-0.2, -0.15) is 13.2 Å². The van der Waals surface area contributed by atoms with Crippen molar-refractivity contribution in [2.45, 2.75) is 32.4 Å². The molecule has 0 spiro atoms. The first kappa shape index (κ1) is 15.1. The van der Waals surface area contributed by atoms with E-state index in [1.54, 1.807) is 4.90 Å². The number of hydrogen-bond donors (Lipinski definition) is 1. The van der Waals surface area contributed by atoms with E-state index in [4.69, 9.17) is 0 Å². The van der Waals surface area contributed by atoms with Gasteiger partial charge in [-0.3, -0.25) is 4.79 Å². The van der Waals surface area contributed by atoms with Crippen molar-refractivity contribution in [1.82, 2.24) is 9.97 Å². The average molecular weight is 315 g/mol. The first-order valence-corrected chi connectivity index (χ1v) is 7.13. The molecule has 0 radical (unpaired) electrons. The molecule has 1 aliphatic carbocycles. The highest BCUT2D eigenvalue weighted by atomic mass is 19.4. The third-order valence-corrected chi connectivity index (χ3v) is 4.71. The number of carboxylic acid groups (broad SMARTS) is 1. The summed E-state index contributed by atoms with van der Waals surface area (Å²) in [7, 11) is 0. The first-order valence-electron chi connectivity index (χ1n) is 7.13. The molecule has 2 heterocycles. The molecule has 0 aromatic carbocycles. The summed E-state index contributed by atoms with van der Waals surface area (Å²) in [5, 5.41) is 9.53. The predicted molar refractivity (Wildman–Crippen MR) is 71.4 cm³/mol. The number of aryl methyl sites for hydroxylation is 1. The van der Waals surface area contributed by atoms with Crippen LogP contribution in [-0.4, -0.2) is 34.1 Å². The van der Waals surface area contributed by atoms with E-state index >= 15 is 0 Å². The van der Waals surface area contributed by atoms with Crippen LogP contribution >= 0.6 is 0 Å². The Labute approximate surface area is 125 Å². The molecule has 0 bridgehead atoms. The molecule has 2 fully saturated rings. The average Bonchev–Trinajstić information content (AvgIpc) is 2.94. The number of carboxylic acids is 1. The lowest BCUT2D eigenvalue weighted by Gasteiger charge is -2.23. The topological polar surface area (TPSA) is 66.3 Å². The van der Waals surface area contributed by atoms with Crippen LogP contribution in [0.2, 0.25) is 0 Å². The van der Waals surface area contributed by atoms with Gasteiger partial charge in [0.2, 0.25) is 5.95 Å². The highest BCUT2D eigenvalue weighted by Crippen LogP contribution is 2.49. The van der Waals surface area contributed by atoms with Gasteiger partial charge in [0.1, 0.15) is 5.69 Å². The third kappa shape index (κ3) is 2.30. The largest absolute Gasteiger partial charge is 0.481 e. The Balaban J connectivity index is 1.94. The quantitative estimate of drug-likeness (QED) is 0.908. The zero-order valence-corrected chi connectivity index (χ0v) is 12.0. The smallest absolute Gasteiger partial charge is 0.433 e. The summed E-state index contributed by atoms with van der Waals surface area (Å²) < 4.78 is 38.6. The van der Waals surface area contributed by atoms with Gasteiger partial charge in [0.15, 0.2) is 0 Å². The van der Waals surface area contributed by atoms with Crippen molar-refractivity contribution in [3.8, 4) is 0 Å². The molecule has 0 amide bonds. The van der Waals surface area contributed by atoms with Crippen molar-refractivity contribution in [3.05, 3.63) is 17.5 Å². The number of anilines is 1. The number of nitrogens with zero attached hydrogens (tertiary/aromatic N) is 3. The normalized spacial score (nSPS) is 28.0. The van der Waals surface area contributed by atoms with E-state index in [9.17, 15) is 23.1 Å². The Morgan fingerprint density at radius 1 is 1.45 bits per heavy atom. The molecule has 1 aliphatic heterocycles. The Hall–Kier alpha value is -1.86. The number of aromatic nitrogens is 2. The van der Waals surface area contributed by atoms with Gasteiger partial charge >= 0.3 is 12.1 Å². The second-order valence-electron chi connectivity index (χ2n) is 6.12. The minimum absolute atomic E-state index is 0.0256. The van der Waals surface area contributed by atoms with Gasteiger partial charge in [0.25, 0.3) is 0 Å². The first-order chi connectivity index (χ1) is 10.2. The van der Waals surface area contributed by atoms with Crippen LogP contribution in [0.15, 0.2) is 6.07 Å². The van der Waals surface area contributed by atoms with Crippen LogP contribution in [0.1, 0.15) is 30.7 Å². The second-order valence-corrected chi connectivity index (χ2v) is 6.12. The van der Waals surface area contributed by atoms with E-state index in [0.717, 1.165) is 18.9 Å². The Bertz CT molecular complexity index is 620. The molecule has 1 saturated carbocycles. The number of fused-ring (bicyclic) bond motifs is 1. The van der Waals surface area contributed by atoms with Crippen LogP contribution in [0.5, 0.6) is 0 Å². The summed E-state index contributed by atoms with van der Waals surface area (Å²) in [5.74, 6) is -0.952. The van der Waals surface area contributed by atoms with Gasteiger partial charge in [-0.05, 0) is 31.7 Å². The molecular weight excluding hydrogens is 299 g/mol. The SMILES string of the molecule is Cc1cc(C(F)(F)F)nc(N2C[C@@H]3CCC[C@@]3(C(=O)O)C2)n1. The predicted octanol–water partition coefficient (Wildman–Crippen LogP) is 2.49. The standard InChI is InChI=1S/C14H16F3N3O2/c1-8-5-10(14(15,16)17)19-12(18-8)20-6-9-3-2-4-13(9,7-20)11(21)22/h5,9H,2-4,6-7H2,1H3,(H,21,22)/t9-,13+/m0/s1. The van der Waals surface area contributed by atoms with Crippen LogP contribution < -0.4 is 4.90 Å². The zero-order chi connectivity index (χ0) is 16.1. The van der Waals surface area contributed by atoms with Crippen LogP contribution in [0.4, 0.5) is 19.1 Å². The monoisotopic (exact) mass is 315 g/mol. The third-order valence-electron chi connectivity index (χ3n) is 4.71. The van der Waals surface area contributed by atoms with Gasteiger partial charge in [-0.25, -0.2) is 9.97 Å². The highest BCUT2D eigenvalue weighted by Gasteiger charge is 2.55. The Morgan fingerprint density at radius 2 is 2.18 bits per heavy atom. The molecule has 5 nitrogen and oxygen atoms in total. The maximum Gasteiger partial charge on any atom is 0.433 e. The number of hydrogen-bond acceptors (Lipinski definition) is 4. The van der Waals surface area contributed by atoms with E-state index in [1.807, 2.05) is 0 Å². The number of halogens is 3. The number of aliphatic carboxylic acids is 1. The van der Waals surface area contributed by atoms with Crippen molar-refractivity contribution < 1.29 is 23.1 Å². The molecule has 0 unspecified atom stereocenters. The summed E-state index contributed by atoms with van der Waals surface area (Å²) in [6.07, 6.45) is -2.36. The van der Waals surface area contributed by atoms with Crippen molar-refractivity contribution >= 4 is 11.9 Å². The Morgan fingerprint density at radius 3 is 2.77 bits per heavy atom. The molecule has 1 N–H and O–H groups in total. The van der Waals surface area contributed by atoms with Gasteiger partial charge < -0.3 is 10.0 Å². The lowest BCUT2D eigenvalue weighted by atomic mass is 9.81. The lowest BCUT2D eigenvalue weighted by Crippen LogP contribution is -2.36. The molecule has 1 aromatic rings. The zero-order valence-electron chi connectivity index (χ0n) is 12.0. The van der Waals surface area contributed by atoms with E-state index in [1.165, 1.54) is 6.92 Å². The minimum atomic E-state index is -4.54. The van der Waals surface area contributed by atoms with Gasteiger partial charge in [0, 0.05) is 18.8 Å². The van der Waals surface area contributed by atoms with E-state index in [2.05, 4.69) is 9.97 Å². The number of rotatable bonds is 2. The number of alkyl halides is 3. The maximum absolute atomic E-state index is 12.9. The van der Waals surface area contributed by atoms with Gasteiger partial charge in [-0.1, -0.05) is 6.42 Å². The van der Waals surface area contributed by atoms with Crippen molar-refractivity contribution in [1.29, 1.82) is 0 Å². The summed E-state index contributed by atoms with van der Waals surface area (Å²) in [6.45, 7) is 2.05. The molecule has 8 heteroatoms. The fourth-order valence-electron chi connectivity index (χ4n) is 3.63. The number of carbonyl (C=O) groups is 1. The molecule has 1 saturated heterocycles. The minimum Gasteiger partial charge on any atom is -0.481 e. The van der Waals surface area contributed by atoms with Crippen LogP contribution in [0, 0.1) is 18.3 Å². The summed E-state index contributed by atoms with van der Waals surface area (Å²) in [6, 6.07) is 0.896. The molecule has 120 valence electrons. The molecule has 2 atom stereocenters. The van der Waals surface area contributed by atoms with E-state index < -0.39 is 23.3 Å². The van der Waals surface area contributed by atoms with Crippen LogP contribution in [0.3, 0.4) is 0 Å². The fourth-order valence-corrected chi connectivity index (χ4v) is 3.63. The molecule has 22 heavy (non-hydrogen) atoms. The summed E-state index contributed by atoms with van der Waals surface area (Å²) in [4.78, 5) is 20.9. The Kier molecular flexibility index (Phi) is 3.30. The van der Waals surface area contributed by atoms with Crippen molar-refractivity contribution in [2.24, 2.45) is 11.3 Å². The molecule has 3 rings (SSSR count). The van der Waals surface area contributed by atoms with E-state index in [0.29, 0.717) is 13.0 Å². The second kappa shape index (κ2) is 4.82. The summed E-state index contributed by atoms with van der Waals surface area (Å²) >= 11 is 0. The maximum atomic E-state index is 12.9. The highest BCUT2D eigenvalue weighted by molar-refractivity contribution is 5.77.